The van der Waals surface area contributed by atoms with Gasteiger partial charge in [-0.3, -0.25) is 14.9 Å². The van der Waals surface area contributed by atoms with Crippen molar-refractivity contribution in [1.29, 1.82) is 0 Å². The van der Waals surface area contributed by atoms with Gasteiger partial charge in [-0.2, -0.15) is 5.10 Å². The molecule has 0 atom stereocenters. The van der Waals surface area contributed by atoms with Gasteiger partial charge in [0.2, 0.25) is 0 Å². The number of carbonyl (C=O) groups excluding carboxylic acids is 1. The second-order valence-electron chi connectivity index (χ2n) is 6.84. The van der Waals surface area contributed by atoms with Crippen LogP contribution in [0.1, 0.15) is 12.6 Å². The highest BCUT2D eigenvalue weighted by Crippen LogP contribution is 2.34. The predicted octanol–water partition coefficient (Wildman–Crippen LogP) is 4.01. The Morgan fingerprint density at radius 2 is 1.84 bits per heavy atom. The molecule has 31 heavy (non-hydrogen) atoms. The third kappa shape index (κ3) is 4.71. The number of esters is 1. The van der Waals surface area contributed by atoms with E-state index in [4.69, 9.17) is 4.74 Å². The van der Waals surface area contributed by atoms with E-state index in [9.17, 15) is 15.0 Å². The number of H-pyrrole nitrogens is 1. The van der Waals surface area contributed by atoms with Crippen molar-refractivity contribution in [3.8, 4) is 33.9 Å². The molecule has 0 radical (unpaired) electrons. The zero-order chi connectivity index (χ0) is 21.8. The molecule has 4 aromatic rings. The van der Waals surface area contributed by atoms with Crippen LogP contribution in [0.4, 0.5) is 11.5 Å². The Labute approximate surface area is 178 Å². The number of nitrogens with zero attached hydrogens (tertiary/aromatic N) is 2. The number of phenols is 1. The number of aliphatic hydroxyl groups excluding tert-OH is 1. The van der Waals surface area contributed by atoms with Crippen molar-refractivity contribution in [1.82, 2.24) is 15.2 Å². The molecule has 2 aromatic heterocycles. The van der Waals surface area contributed by atoms with Gasteiger partial charge in [-0.15, -0.1) is 0 Å². The molecule has 8 nitrogen and oxygen atoms in total. The van der Waals surface area contributed by atoms with E-state index in [1.807, 2.05) is 30.3 Å². The lowest BCUT2D eigenvalue weighted by Gasteiger charge is -2.10. The maximum atomic E-state index is 11.4. The maximum Gasteiger partial charge on any atom is 0.308 e. The molecule has 0 unspecified atom stereocenters. The maximum absolute atomic E-state index is 11.4. The first-order valence-corrected chi connectivity index (χ1v) is 9.52. The third-order valence-electron chi connectivity index (χ3n) is 4.55. The number of rotatable bonds is 6. The van der Waals surface area contributed by atoms with Gasteiger partial charge >= 0.3 is 5.97 Å². The number of anilines is 2. The average molecular weight is 416 g/mol. The third-order valence-corrected chi connectivity index (χ3v) is 4.55. The monoisotopic (exact) mass is 416 g/mol. The number of aliphatic hydroxyl groups is 1. The minimum absolute atomic E-state index is 0.0226. The summed E-state index contributed by atoms with van der Waals surface area (Å²) in [5.74, 6) is 0.494. The van der Waals surface area contributed by atoms with E-state index < -0.39 is 5.97 Å². The number of benzene rings is 2. The van der Waals surface area contributed by atoms with Gasteiger partial charge in [0.1, 0.15) is 11.5 Å². The van der Waals surface area contributed by atoms with Crippen LogP contribution < -0.4 is 10.1 Å². The van der Waals surface area contributed by atoms with Crippen LogP contribution in [0.15, 0.2) is 66.9 Å². The molecule has 2 heterocycles. The second-order valence-corrected chi connectivity index (χ2v) is 6.84. The van der Waals surface area contributed by atoms with Crippen LogP contribution >= 0.6 is 0 Å². The summed E-state index contributed by atoms with van der Waals surface area (Å²) in [6, 6.07) is 17.7. The summed E-state index contributed by atoms with van der Waals surface area (Å²) in [5, 5.41) is 29.4. The molecule has 4 rings (SSSR count). The molecule has 0 fully saturated rings. The van der Waals surface area contributed by atoms with E-state index in [1.165, 1.54) is 13.0 Å². The van der Waals surface area contributed by atoms with E-state index in [0.717, 1.165) is 22.5 Å². The normalized spacial score (nSPS) is 10.6. The van der Waals surface area contributed by atoms with Crippen molar-refractivity contribution < 1.29 is 19.7 Å². The number of aromatic hydroxyl groups is 1. The minimum atomic E-state index is -0.457. The molecule has 0 aliphatic rings. The standard InChI is InChI=1S/C23H20N4O4/c1-14(29)31-22-11-19(30)6-7-20(22)15-2-4-16(5-3-15)21-12-23(27-26-21)25-17-8-9-24-18(10-17)13-28/h2-12,28,30H,13H2,1H3,(H2,24,25,26,27). The number of hydrogen-bond donors (Lipinski definition) is 4. The Balaban J connectivity index is 1.55. The predicted molar refractivity (Wildman–Crippen MR) is 116 cm³/mol. The molecule has 0 aliphatic heterocycles. The molecular weight excluding hydrogens is 396 g/mol. The molecule has 156 valence electrons. The molecular formula is C23H20N4O4. The Morgan fingerprint density at radius 3 is 2.58 bits per heavy atom. The summed E-state index contributed by atoms with van der Waals surface area (Å²) in [6.45, 7) is 1.19. The first-order valence-electron chi connectivity index (χ1n) is 9.52. The van der Waals surface area contributed by atoms with Gasteiger partial charge in [0, 0.05) is 36.5 Å². The molecule has 0 aliphatic carbocycles. The fraction of sp³-hybridized carbons (Fsp3) is 0.0870. The highest BCUT2D eigenvalue weighted by atomic mass is 16.5. The largest absolute Gasteiger partial charge is 0.508 e. The van der Waals surface area contributed by atoms with Crippen LogP contribution in [-0.2, 0) is 11.4 Å². The molecule has 4 N–H and O–H groups in total. The van der Waals surface area contributed by atoms with Crippen LogP contribution in [0.25, 0.3) is 22.4 Å². The Hall–Kier alpha value is -4.17. The minimum Gasteiger partial charge on any atom is -0.508 e. The average Bonchev–Trinajstić information content (AvgIpc) is 3.22. The second kappa shape index (κ2) is 8.68. The van der Waals surface area contributed by atoms with Gasteiger partial charge in [-0.25, -0.2) is 0 Å². The summed E-state index contributed by atoms with van der Waals surface area (Å²) in [7, 11) is 0. The molecule has 2 aromatic carbocycles. The first-order chi connectivity index (χ1) is 15.0. The van der Waals surface area contributed by atoms with Gasteiger partial charge in [0.25, 0.3) is 0 Å². The van der Waals surface area contributed by atoms with Crippen molar-refractivity contribution in [2.45, 2.75) is 13.5 Å². The van der Waals surface area contributed by atoms with Crippen LogP contribution in [-0.4, -0.2) is 31.4 Å². The van der Waals surface area contributed by atoms with Crippen molar-refractivity contribution in [2.75, 3.05) is 5.32 Å². The first kappa shape index (κ1) is 20.1. The summed E-state index contributed by atoms with van der Waals surface area (Å²) in [4.78, 5) is 15.4. The number of pyridine rings is 1. The summed E-state index contributed by atoms with van der Waals surface area (Å²) < 4.78 is 5.23. The summed E-state index contributed by atoms with van der Waals surface area (Å²) in [5.41, 5.74) is 4.62. The zero-order valence-corrected chi connectivity index (χ0v) is 16.7. The number of nitrogens with one attached hydrogen (secondary N) is 2. The number of phenolic OH excluding ortho intramolecular Hbond substituents is 1. The van der Waals surface area contributed by atoms with Crippen molar-refractivity contribution >= 4 is 17.5 Å². The van der Waals surface area contributed by atoms with Gasteiger partial charge < -0.3 is 20.3 Å². The van der Waals surface area contributed by atoms with Crippen LogP contribution in [0.3, 0.4) is 0 Å². The highest BCUT2D eigenvalue weighted by Gasteiger charge is 2.11. The number of aromatic nitrogens is 3. The van der Waals surface area contributed by atoms with Crippen molar-refractivity contribution in [3.05, 3.63) is 72.6 Å². The van der Waals surface area contributed by atoms with Gasteiger partial charge in [-0.1, -0.05) is 24.3 Å². The lowest BCUT2D eigenvalue weighted by atomic mass is 10.0. The zero-order valence-electron chi connectivity index (χ0n) is 16.7. The topological polar surface area (TPSA) is 120 Å². The molecule has 0 bridgehead atoms. The lowest BCUT2D eigenvalue weighted by molar-refractivity contribution is -0.131. The smallest absolute Gasteiger partial charge is 0.308 e. The SMILES string of the molecule is CC(=O)Oc1cc(O)ccc1-c1ccc(-c2cc(Nc3ccnc(CO)c3)n[nH]2)cc1. The molecule has 0 saturated heterocycles. The molecule has 0 saturated carbocycles. The van der Waals surface area contributed by atoms with E-state index in [-0.39, 0.29) is 12.4 Å². The molecule has 0 amide bonds. The Kier molecular flexibility index (Phi) is 5.63. The Morgan fingerprint density at radius 1 is 1.06 bits per heavy atom. The highest BCUT2D eigenvalue weighted by molar-refractivity contribution is 5.78. The van der Waals surface area contributed by atoms with Crippen molar-refractivity contribution in [3.63, 3.8) is 0 Å². The number of hydrogen-bond acceptors (Lipinski definition) is 7. The van der Waals surface area contributed by atoms with Crippen molar-refractivity contribution in [2.24, 2.45) is 0 Å². The molecule has 0 spiro atoms. The summed E-state index contributed by atoms with van der Waals surface area (Å²) in [6.07, 6.45) is 1.62. The Bertz CT molecular complexity index is 1220. The van der Waals surface area contributed by atoms with Gasteiger partial charge in [0.15, 0.2) is 5.82 Å². The lowest BCUT2D eigenvalue weighted by Crippen LogP contribution is -2.02. The van der Waals surface area contributed by atoms with E-state index >= 15 is 0 Å². The van der Waals surface area contributed by atoms with Gasteiger partial charge in [-0.05, 0) is 35.4 Å². The molecule has 8 heteroatoms. The van der Waals surface area contributed by atoms with Crippen LogP contribution in [0, 0.1) is 0 Å². The van der Waals surface area contributed by atoms with E-state index in [0.29, 0.717) is 22.8 Å². The van der Waals surface area contributed by atoms with Crippen LogP contribution in [0.2, 0.25) is 0 Å². The quantitative estimate of drug-likeness (QED) is 0.277. The fourth-order valence-corrected chi connectivity index (χ4v) is 3.14. The van der Waals surface area contributed by atoms with E-state index in [2.05, 4.69) is 20.5 Å². The fourth-order valence-electron chi connectivity index (χ4n) is 3.14. The number of carbonyl (C=O) groups is 1. The van der Waals surface area contributed by atoms with Gasteiger partial charge in [0.05, 0.1) is 18.0 Å². The summed E-state index contributed by atoms with van der Waals surface area (Å²) >= 11 is 0. The van der Waals surface area contributed by atoms with Crippen LogP contribution in [0.5, 0.6) is 11.5 Å². The van der Waals surface area contributed by atoms with E-state index in [1.54, 1.807) is 30.5 Å². The number of aromatic amines is 1. The number of ether oxygens (including phenoxy) is 1.